The van der Waals surface area contributed by atoms with Crippen molar-refractivity contribution in [3.8, 4) is 0 Å². The summed E-state index contributed by atoms with van der Waals surface area (Å²) in [5, 5.41) is 4.28. The fourth-order valence-corrected chi connectivity index (χ4v) is 2.22. The molecule has 0 aliphatic rings. The first-order valence-corrected chi connectivity index (χ1v) is 5.83. The molecule has 1 N–H and O–H groups in total. The molecule has 0 saturated heterocycles. The summed E-state index contributed by atoms with van der Waals surface area (Å²) >= 11 is 1.72. The Kier molecular flexibility index (Phi) is 8.78. The van der Waals surface area contributed by atoms with E-state index in [1.165, 1.54) is 4.88 Å². The van der Waals surface area contributed by atoms with Crippen molar-refractivity contribution in [1.82, 2.24) is 15.2 Å². The average Bonchev–Trinajstić information content (AvgIpc) is 2.63. The molecule has 16 heavy (non-hydrogen) atoms. The predicted molar refractivity (Wildman–Crippen MR) is 70.3 cm³/mol. The first-order valence-electron chi connectivity index (χ1n) is 5.02. The van der Waals surface area contributed by atoms with Crippen LogP contribution < -0.4 is 5.32 Å². The van der Waals surface area contributed by atoms with Crippen LogP contribution in [0.25, 0.3) is 0 Å². The molecule has 94 valence electrons. The third-order valence-electron chi connectivity index (χ3n) is 2.04. The number of hydrogen-bond donors (Lipinski definition) is 1. The van der Waals surface area contributed by atoms with E-state index in [0.717, 1.165) is 24.6 Å². The van der Waals surface area contributed by atoms with E-state index in [-0.39, 0.29) is 12.4 Å². The van der Waals surface area contributed by atoms with E-state index in [0.29, 0.717) is 6.61 Å². The summed E-state index contributed by atoms with van der Waals surface area (Å²) < 4.78 is 5.06. The SMILES string of the molecule is CNCCN(C)Cc1ncc(COC)s1.Cl. The molecule has 0 spiro atoms. The highest BCUT2D eigenvalue weighted by Crippen LogP contribution is 2.14. The number of thiazole rings is 1. The Morgan fingerprint density at radius 1 is 1.56 bits per heavy atom. The number of likely N-dealkylation sites (N-methyl/N-ethyl adjacent to an activating group) is 2. The monoisotopic (exact) mass is 265 g/mol. The molecule has 0 aliphatic heterocycles. The zero-order chi connectivity index (χ0) is 11.1. The topological polar surface area (TPSA) is 37.4 Å². The van der Waals surface area contributed by atoms with Gasteiger partial charge in [0.2, 0.25) is 0 Å². The molecule has 0 amide bonds. The summed E-state index contributed by atoms with van der Waals surface area (Å²) in [6.07, 6.45) is 1.90. The van der Waals surface area contributed by atoms with Gasteiger partial charge in [0, 0.05) is 26.4 Å². The van der Waals surface area contributed by atoms with E-state index in [4.69, 9.17) is 4.74 Å². The van der Waals surface area contributed by atoms with Gasteiger partial charge in [-0.2, -0.15) is 0 Å². The van der Waals surface area contributed by atoms with Gasteiger partial charge < -0.3 is 10.1 Å². The molecule has 0 bridgehead atoms. The Morgan fingerprint density at radius 2 is 2.31 bits per heavy atom. The molecule has 1 heterocycles. The number of methoxy groups -OCH3 is 1. The third-order valence-corrected chi connectivity index (χ3v) is 2.99. The van der Waals surface area contributed by atoms with Crippen molar-refractivity contribution in [2.45, 2.75) is 13.2 Å². The molecule has 0 unspecified atom stereocenters. The number of aromatic nitrogens is 1. The maximum absolute atomic E-state index is 5.06. The second-order valence-electron chi connectivity index (χ2n) is 3.49. The lowest BCUT2D eigenvalue weighted by atomic mass is 10.5. The Balaban J connectivity index is 0.00000225. The van der Waals surface area contributed by atoms with Crippen LogP contribution in [0.4, 0.5) is 0 Å². The highest BCUT2D eigenvalue weighted by molar-refractivity contribution is 7.11. The van der Waals surface area contributed by atoms with Crippen molar-refractivity contribution >= 4 is 23.7 Å². The number of hydrogen-bond acceptors (Lipinski definition) is 5. The van der Waals surface area contributed by atoms with Crippen molar-refractivity contribution in [2.24, 2.45) is 0 Å². The van der Waals surface area contributed by atoms with Gasteiger partial charge in [-0.15, -0.1) is 23.7 Å². The normalized spacial score (nSPS) is 10.5. The molecule has 1 aromatic rings. The number of halogens is 1. The van der Waals surface area contributed by atoms with E-state index in [1.54, 1.807) is 18.4 Å². The minimum absolute atomic E-state index is 0. The molecule has 1 rings (SSSR count). The van der Waals surface area contributed by atoms with Crippen LogP contribution in [0.15, 0.2) is 6.20 Å². The Labute approximate surface area is 107 Å². The van der Waals surface area contributed by atoms with Gasteiger partial charge in [0.25, 0.3) is 0 Å². The number of nitrogens with one attached hydrogen (secondary N) is 1. The van der Waals surface area contributed by atoms with Crippen LogP contribution in [0.3, 0.4) is 0 Å². The molecular weight excluding hydrogens is 246 g/mol. The van der Waals surface area contributed by atoms with Crippen LogP contribution in [0, 0.1) is 0 Å². The highest BCUT2D eigenvalue weighted by Gasteiger charge is 2.04. The second-order valence-corrected chi connectivity index (χ2v) is 4.69. The summed E-state index contributed by atoms with van der Waals surface area (Å²) in [5.41, 5.74) is 0. The van der Waals surface area contributed by atoms with E-state index in [9.17, 15) is 0 Å². The molecule has 0 saturated carbocycles. The van der Waals surface area contributed by atoms with Gasteiger partial charge >= 0.3 is 0 Å². The predicted octanol–water partition coefficient (Wildman–Crippen LogP) is 1.36. The minimum atomic E-state index is 0. The minimum Gasteiger partial charge on any atom is -0.379 e. The molecule has 0 atom stereocenters. The van der Waals surface area contributed by atoms with Crippen LogP contribution in [0.1, 0.15) is 9.88 Å². The smallest absolute Gasteiger partial charge is 0.107 e. The van der Waals surface area contributed by atoms with Crippen molar-refractivity contribution < 1.29 is 4.74 Å². The lowest BCUT2D eigenvalue weighted by Gasteiger charge is -2.13. The van der Waals surface area contributed by atoms with Crippen molar-refractivity contribution in [3.05, 3.63) is 16.1 Å². The third kappa shape index (κ3) is 5.77. The fraction of sp³-hybridized carbons (Fsp3) is 0.700. The lowest BCUT2D eigenvalue weighted by Crippen LogP contribution is -2.26. The largest absolute Gasteiger partial charge is 0.379 e. The van der Waals surface area contributed by atoms with E-state index in [1.807, 2.05) is 13.2 Å². The summed E-state index contributed by atoms with van der Waals surface area (Å²) in [7, 11) is 5.78. The first kappa shape index (κ1) is 15.8. The standard InChI is InChI=1S/C10H19N3OS.ClH/c1-11-4-5-13(2)7-10-12-6-9(15-10)8-14-3;/h6,11H,4-5,7-8H2,1-3H3;1H. The Morgan fingerprint density at radius 3 is 2.94 bits per heavy atom. The molecular formula is C10H20ClN3OS. The van der Waals surface area contributed by atoms with Crippen LogP contribution in [0.2, 0.25) is 0 Å². The van der Waals surface area contributed by atoms with Crippen LogP contribution in [0.5, 0.6) is 0 Å². The first-order chi connectivity index (χ1) is 7.26. The van der Waals surface area contributed by atoms with Gasteiger partial charge in [0.15, 0.2) is 0 Å². The number of rotatable bonds is 7. The van der Waals surface area contributed by atoms with Crippen molar-refractivity contribution in [3.63, 3.8) is 0 Å². The van der Waals surface area contributed by atoms with Gasteiger partial charge in [0.05, 0.1) is 18.0 Å². The zero-order valence-corrected chi connectivity index (χ0v) is 11.7. The quantitative estimate of drug-likeness (QED) is 0.808. The average molecular weight is 266 g/mol. The molecule has 6 heteroatoms. The zero-order valence-electron chi connectivity index (χ0n) is 10.0. The summed E-state index contributed by atoms with van der Waals surface area (Å²) in [6.45, 7) is 3.62. The van der Waals surface area contributed by atoms with Crippen molar-refractivity contribution in [2.75, 3.05) is 34.3 Å². The van der Waals surface area contributed by atoms with Gasteiger partial charge in [-0.25, -0.2) is 4.98 Å². The van der Waals surface area contributed by atoms with Gasteiger partial charge in [-0.05, 0) is 14.1 Å². The lowest BCUT2D eigenvalue weighted by molar-refractivity contribution is 0.187. The maximum Gasteiger partial charge on any atom is 0.107 e. The Bertz CT molecular complexity index is 283. The summed E-state index contributed by atoms with van der Waals surface area (Å²) in [5.74, 6) is 0. The maximum atomic E-state index is 5.06. The molecule has 0 aliphatic carbocycles. The fourth-order valence-electron chi connectivity index (χ4n) is 1.24. The Hall–Kier alpha value is -0.200. The second kappa shape index (κ2) is 8.90. The van der Waals surface area contributed by atoms with Gasteiger partial charge in [-0.3, -0.25) is 4.90 Å². The van der Waals surface area contributed by atoms with E-state index < -0.39 is 0 Å². The molecule has 0 fully saturated rings. The summed E-state index contributed by atoms with van der Waals surface area (Å²) in [6, 6.07) is 0. The van der Waals surface area contributed by atoms with Crippen molar-refractivity contribution in [1.29, 1.82) is 0 Å². The van der Waals surface area contributed by atoms with Crippen LogP contribution in [-0.4, -0.2) is 44.2 Å². The van der Waals surface area contributed by atoms with Gasteiger partial charge in [-0.1, -0.05) is 0 Å². The van der Waals surface area contributed by atoms with E-state index >= 15 is 0 Å². The summed E-state index contributed by atoms with van der Waals surface area (Å²) in [4.78, 5) is 7.80. The van der Waals surface area contributed by atoms with Crippen LogP contribution in [-0.2, 0) is 17.9 Å². The van der Waals surface area contributed by atoms with Crippen LogP contribution >= 0.6 is 23.7 Å². The molecule has 4 nitrogen and oxygen atoms in total. The molecule has 0 radical (unpaired) electrons. The van der Waals surface area contributed by atoms with E-state index in [2.05, 4.69) is 22.2 Å². The van der Waals surface area contributed by atoms with Gasteiger partial charge in [0.1, 0.15) is 5.01 Å². The molecule has 0 aromatic carbocycles. The number of ether oxygens (including phenoxy) is 1. The molecule has 1 aromatic heterocycles. The number of nitrogens with zero attached hydrogens (tertiary/aromatic N) is 2. The highest BCUT2D eigenvalue weighted by atomic mass is 35.5.